The van der Waals surface area contributed by atoms with E-state index in [-0.39, 0.29) is 11.4 Å². The number of nitrogens with zero attached hydrogens (tertiary/aromatic N) is 3. The summed E-state index contributed by atoms with van der Waals surface area (Å²) >= 11 is 0. The Labute approximate surface area is 144 Å². The number of hydrogen-bond donors (Lipinski definition) is 1. The zero-order valence-electron chi connectivity index (χ0n) is 15.2. The summed E-state index contributed by atoms with van der Waals surface area (Å²) < 4.78 is 18.5. The molecule has 0 amide bonds. The minimum atomic E-state index is -0.212. The summed E-state index contributed by atoms with van der Waals surface area (Å²) in [6, 6.07) is 6.59. The second kappa shape index (κ2) is 8.44. The van der Waals surface area contributed by atoms with Crippen LogP contribution in [0.15, 0.2) is 29.3 Å². The van der Waals surface area contributed by atoms with E-state index in [1.807, 2.05) is 7.05 Å². The Morgan fingerprint density at radius 3 is 2.38 bits per heavy atom. The average Bonchev–Trinajstić information content (AvgIpc) is 2.58. The first kappa shape index (κ1) is 18.7. The molecule has 0 spiro atoms. The van der Waals surface area contributed by atoms with Gasteiger partial charge in [0.25, 0.3) is 0 Å². The van der Waals surface area contributed by atoms with Gasteiger partial charge in [0.2, 0.25) is 0 Å². The van der Waals surface area contributed by atoms with Crippen molar-refractivity contribution >= 4 is 5.96 Å². The Morgan fingerprint density at radius 2 is 1.83 bits per heavy atom. The first-order valence-electron chi connectivity index (χ1n) is 8.38. The molecule has 0 radical (unpaired) electrons. The third kappa shape index (κ3) is 4.68. The lowest BCUT2D eigenvalue weighted by atomic mass is 9.88. The highest BCUT2D eigenvalue weighted by Crippen LogP contribution is 2.25. The number of likely N-dealkylation sites (N-methyl/N-ethyl adjacent to an activating group) is 1. The smallest absolute Gasteiger partial charge is 0.193 e. The van der Waals surface area contributed by atoms with Crippen molar-refractivity contribution in [2.45, 2.75) is 24.9 Å². The molecule has 0 unspecified atom stereocenters. The van der Waals surface area contributed by atoms with Gasteiger partial charge in [-0.05, 0) is 44.6 Å². The van der Waals surface area contributed by atoms with Gasteiger partial charge in [0.05, 0.1) is 0 Å². The lowest BCUT2D eigenvalue weighted by molar-refractivity contribution is -0.00522. The zero-order chi connectivity index (χ0) is 17.6. The van der Waals surface area contributed by atoms with E-state index in [2.05, 4.69) is 34.2 Å². The maximum absolute atomic E-state index is 13.0. The zero-order valence-corrected chi connectivity index (χ0v) is 15.2. The van der Waals surface area contributed by atoms with Crippen LogP contribution in [0.1, 0.15) is 18.4 Å². The van der Waals surface area contributed by atoms with Crippen molar-refractivity contribution in [3.8, 4) is 0 Å². The second-order valence-corrected chi connectivity index (χ2v) is 6.61. The maximum Gasteiger partial charge on any atom is 0.193 e. The first-order chi connectivity index (χ1) is 11.5. The molecule has 0 atom stereocenters. The van der Waals surface area contributed by atoms with Crippen LogP contribution in [0, 0.1) is 5.82 Å². The molecule has 6 heteroatoms. The van der Waals surface area contributed by atoms with Crippen LogP contribution >= 0.6 is 0 Å². The predicted molar refractivity (Wildman–Crippen MR) is 95.7 cm³/mol. The molecule has 2 rings (SSSR count). The summed E-state index contributed by atoms with van der Waals surface area (Å²) in [4.78, 5) is 8.72. The van der Waals surface area contributed by atoms with Crippen LogP contribution < -0.4 is 5.32 Å². The van der Waals surface area contributed by atoms with Crippen molar-refractivity contribution in [3.63, 3.8) is 0 Å². The molecule has 0 bridgehead atoms. The van der Waals surface area contributed by atoms with Crippen molar-refractivity contribution in [1.29, 1.82) is 0 Å². The Bertz CT molecular complexity index is 538. The fraction of sp³-hybridized carbons (Fsp3) is 0.611. The molecule has 1 fully saturated rings. The molecule has 0 aliphatic carbocycles. The van der Waals surface area contributed by atoms with Crippen LogP contribution in [0.4, 0.5) is 4.39 Å². The number of rotatable bonds is 5. The van der Waals surface area contributed by atoms with E-state index < -0.39 is 0 Å². The van der Waals surface area contributed by atoms with Crippen molar-refractivity contribution in [3.05, 3.63) is 35.6 Å². The van der Waals surface area contributed by atoms with Crippen molar-refractivity contribution in [2.24, 2.45) is 4.99 Å². The lowest BCUT2D eigenvalue weighted by Gasteiger charge is -2.43. The third-order valence-corrected chi connectivity index (χ3v) is 4.85. The van der Waals surface area contributed by atoms with Gasteiger partial charge in [0, 0.05) is 45.9 Å². The fourth-order valence-electron chi connectivity index (χ4n) is 3.10. The number of aliphatic imine (C=N–C) groups is 1. The highest BCUT2D eigenvalue weighted by molar-refractivity contribution is 5.79. The van der Waals surface area contributed by atoms with Gasteiger partial charge in [0.15, 0.2) is 5.96 Å². The lowest BCUT2D eigenvalue weighted by Crippen LogP contribution is -2.57. The Kier molecular flexibility index (Phi) is 6.57. The molecule has 5 nitrogen and oxygen atoms in total. The molecule has 1 aromatic rings. The van der Waals surface area contributed by atoms with Gasteiger partial charge in [-0.15, -0.1) is 0 Å². The normalized spacial score (nSPS) is 17.8. The highest BCUT2D eigenvalue weighted by atomic mass is 19.1. The van der Waals surface area contributed by atoms with Gasteiger partial charge in [-0.1, -0.05) is 12.1 Å². The van der Waals surface area contributed by atoms with Crippen molar-refractivity contribution in [2.75, 3.05) is 47.9 Å². The minimum Gasteiger partial charge on any atom is -0.381 e. The van der Waals surface area contributed by atoms with Crippen LogP contribution in [0.2, 0.25) is 0 Å². The van der Waals surface area contributed by atoms with Crippen LogP contribution in [0.3, 0.4) is 0 Å². The summed E-state index contributed by atoms with van der Waals surface area (Å²) in [6.45, 7) is 3.09. The molecule has 1 aliphatic heterocycles. The van der Waals surface area contributed by atoms with Gasteiger partial charge >= 0.3 is 0 Å². The van der Waals surface area contributed by atoms with Crippen LogP contribution in [-0.4, -0.2) is 69.2 Å². The Morgan fingerprint density at radius 1 is 1.21 bits per heavy atom. The molecule has 0 saturated carbocycles. The number of nitrogens with one attached hydrogen (secondary N) is 1. The maximum atomic E-state index is 13.0. The van der Waals surface area contributed by atoms with Gasteiger partial charge in [-0.3, -0.25) is 4.99 Å². The summed E-state index contributed by atoms with van der Waals surface area (Å²) in [5.74, 6) is 0.628. The first-order valence-corrected chi connectivity index (χ1v) is 8.38. The van der Waals surface area contributed by atoms with E-state index in [1.54, 1.807) is 19.2 Å². The molecule has 1 heterocycles. The van der Waals surface area contributed by atoms with Crippen molar-refractivity contribution < 1.29 is 9.13 Å². The quantitative estimate of drug-likeness (QED) is 0.659. The Hall–Kier alpha value is -1.66. The SMILES string of the molecule is CN=C(NCC1(N(C)C)CCOCC1)N(C)Cc1ccc(F)cc1. The number of benzene rings is 1. The average molecular weight is 336 g/mol. The topological polar surface area (TPSA) is 40.1 Å². The number of guanidine groups is 1. The van der Waals surface area contributed by atoms with Gasteiger partial charge in [-0.25, -0.2) is 4.39 Å². The number of ether oxygens (including phenoxy) is 1. The standard InChI is InChI=1S/C18H29FN4O/c1-20-17(23(4)13-15-5-7-16(19)8-6-15)21-14-18(22(2)3)9-11-24-12-10-18/h5-8H,9-14H2,1-4H3,(H,20,21). The van der Waals surface area contributed by atoms with E-state index in [0.29, 0.717) is 6.54 Å². The minimum absolute atomic E-state index is 0.0882. The molecule has 1 aromatic carbocycles. The third-order valence-electron chi connectivity index (χ3n) is 4.85. The van der Waals surface area contributed by atoms with Crippen LogP contribution in [0.25, 0.3) is 0 Å². The molecule has 1 aliphatic rings. The van der Waals surface area contributed by atoms with E-state index in [4.69, 9.17) is 4.74 Å². The van der Waals surface area contributed by atoms with Gasteiger partial charge < -0.3 is 19.9 Å². The van der Waals surface area contributed by atoms with Crippen LogP contribution in [-0.2, 0) is 11.3 Å². The van der Waals surface area contributed by atoms with E-state index >= 15 is 0 Å². The fourth-order valence-corrected chi connectivity index (χ4v) is 3.10. The predicted octanol–water partition coefficient (Wildman–Crippen LogP) is 1.94. The van der Waals surface area contributed by atoms with E-state index in [9.17, 15) is 4.39 Å². The highest BCUT2D eigenvalue weighted by Gasteiger charge is 2.35. The summed E-state index contributed by atoms with van der Waals surface area (Å²) in [5.41, 5.74) is 1.14. The largest absolute Gasteiger partial charge is 0.381 e. The number of halogens is 1. The molecular formula is C18H29FN4O. The van der Waals surface area contributed by atoms with E-state index in [1.165, 1.54) is 12.1 Å². The molecule has 134 valence electrons. The second-order valence-electron chi connectivity index (χ2n) is 6.61. The summed E-state index contributed by atoms with van der Waals surface area (Å²) in [6.07, 6.45) is 2.01. The van der Waals surface area contributed by atoms with E-state index in [0.717, 1.165) is 44.1 Å². The van der Waals surface area contributed by atoms with Crippen molar-refractivity contribution in [1.82, 2.24) is 15.1 Å². The molecule has 0 aromatic heterocycles. The molecular weight excluding hydrogens is 307 g/mol. The molecule has 1 saturated heterocycles. The summed E-state index contributed by atoms with van der Waals surface area (Å²) in [5, 5.41) is 3.50. The monoisotopic (exact) mass is 336 g/mol. The van der Waals surface area contributed by atoms with Crippen LogP contribution in [0.5, 0.6) is 0 Å². The molecule has 24 heavy (non-hydrogen) atoms. The van der Waals surface area contributed by atoms with Gasteiger partial charge in [0.1, 0.15) is 5.82 Å². The number of hydrogen-bond acceptors (Lipinski definition) is 3. The Balaban J connectivity index is 1.96. The van der Waals surface area contributed by atoms with Gasteiger partial charge in [-0.2, -0.15) is 0 Å². The summed E-state index contributed by atoms with van der Waals surface area (Å²) in [7, 11) is 8.02. The molecule has 1 N–H and O–H groups in total.